The van der Waals surface area contributed by atoms with Gasteiger partial charge in [0, 0.05) is 30.3 Å². The molecule has 0 unspecified atom stereocenters. The zero-order valence-corrected chi connectivity index (χ0v) is 17.1. The van der Waals surface area contributed by atoms with Gasteiger partial charge in [-0.05, 0) is 50.7 Å². The molecule has 0 radical (unpaired) electrons. The monoisotopic (exact) mass is 392 g/mol. The van der Waals surface area contributed by atoms with E-state index in [9.17, 15) is 4.79 Å². The summed E-state index contributed by atoms with van der Waals surface area (Å²) in [5, 5.41) is 11.5. The van der Waals surface area contributed by atoms with Crippen molar-refractivity contribution >= 4 is 5.91 Å². The number of carbonyl (C=O) groups excluding carboxylic acids is 1. The smallest absolute Gasteiger partial charge is 0.227 e. The highest BCUT2D eigenvalue weighted by Crippen LogP contribution is 2.30. The van der Waals surface area contributed by atoms with Gasteiger partial charge in [-0.25, -0.2) is 0 Å². The lowest BCUT2D eigenvalue weighted by molar-refractivity contribution is -0.131. The number of aryl methyl sites for hydroxylation is 4. The minimum Gasteiger partial charge on any atom is -0.361 e. The molecule has 1 saturated heterocycles. The Morgan fingerprint density at radius 2 is 1.93 bits per heavy atom. The molecule has 6 nitrogen and oxygen atoms in total. The second-order valence-electron chi connectivity index (χ2n) is 7.93. The van der Waals surface area contributed by atoms with Crippen LogP contribution in [0.2, 0.25) is 0 Å². The maximum Gasteiger partial charge on any atom is 0.227 e. The molecule has 1 aromatic carbocycles. The molecule has 0 bridgehead atoms. The molecule has 3 heterocycles. The summed E-state index contributed by atoms with van der Waals surface area (Å²) in [4.78, 5) is 14.7. The van der Waals surface area contributed by atoms with Crippen LogP contribution in [0.4, 0.5) is 0 Å². The van der Waals surface area contributed by atoms with E-state index >= 15 is 0 Å². The highest BCUT2D eigenvalue weighted by Gasteiger charge is 2.27. The third-order valence-electron chi connectivity index (χ3n) is 6.04. The maximum atomic E-state index is 12.7. The first kappa shape index (κ1) is 19.4. The van der Waals surface area contributed by atoms with Crippen LogP contribution >= 0.6 is 0 Å². The summed E-state index contributed by atoms with van der Waals surface area (Å²) < 4.78 is 5.19. The van der Waals surface area contributed by atoms with Crippen molar-refractivity contribution in [3.63, 3.8) is 0 Å². The fourth-order valence-corrected chi connectivity index (χ4v) is 4.23. The number of rotatable bonds is 6. The molecule has 2 aromatic heterocycles. The van der Waals surface area contributed by atoms with Gasteiger partial charge >= 0.3 is 0 Å². The molecule has 1 aliphatic rings. The van der Waals surface area contributed by atoms with Crippen LogP contribution < -0.4 is 0 Å². The Morgan fingerprint density at radius 3 is 2.62 bits per heavy atom. The summed E-state index contributed by atoms with van der Waals surface area (Å²) >= 11 is 0. The quantitative estimate of drug-likeness (QED) is 0.693. The molecule has 0 atom stereocenters. The number of nitrogens with one attached hydrogen (secondary N) is 1. The van der Waals surface area contributed by atoms with E-state index in [1.54, 1.807) is 0 Å². The van der Waals surface area contributed by atoms with E-state index < -0.39 is 0 Å². The number of benzene rings is 1. The number of hydrogen-bond acceptors (Lipinski definition) is 4. The van der Waals surface area contributed by atoms with Gasteiger partial charge in [-0.3, -0.25) is 9.89 Å². The molecular weight excluding hydrogens is 364 g/mol. The SMILES string of the molecule is Cc1noc(C)c1CC(=O)N1CCC(c2[nH]ncc2CCc2ccccc2)CC1. The third-order valence-corrected chi connectivity index (χ3v) is 6.04. The molecule has 152 valence electrons. The van der Waals surface area contributed by atoms with Crippen LogP contribution in [0.25, 0.3) is 0 Å². The molecule has 29 heavy (non-hydrogen) atoms. The molecule has 3 aromatic rings. The summed E-state index contributed by atoms with van der Waals surface area (Å²) in [5.74, 6) is 1.34. The number of H-pyrrole nitrogens is 1. The van der Waals surface area contributed by atoms with E-state index in [-0.39, 0.29) is 5.91 Å². The van der Waals surface area contributed by atoms with Crippen molar-refractivity contribution in [3.05, 3.63) is 70.4 Å². The predicted molar refractivity (Wildman–Crippen MR) is 111 cm³/mol. The number of carbonyl (C=O) groups is 1. The van der Waals surface area contributed by atoms with Crippen LogP contribution in [-0.4, -0.2) is 39.3 Å². The van der Waals surface area contributed by atoms with E-state index in [0.717, 1.165) is 55.8 Å². The molecule has 0 saturated carbocycles. The Morgan fingerprint density at radius 1 is 1.17 bits per heavy atom. The lowest BCUT2D eigenvalue weighted by Gasteiger charge is -2.32. The minimum absolute atomic E-state index is 0.159. The Kier molecular flexibility index (Phi) is 5.79. The number of piperidine rings is 1. The van der Waals surface area contributed by atoms with Crippen molar-refractivity contribution in [2.24, 2.45) is 0 Å². The van der Waals surface area contributed by atoms with Gasteiger partial charge in [0.15, 0.2) is 0 Å². The van der Waals surface area contributed by atoms with Gasteiger partial charge in [0.1, 0.15) is 5.76 Å². The summed E-state index contributed by atoms with van der Waals surface area (Å²) in [7, 11) is 0. The Labute approximate surface area is 171 Å². The van der Waals surface area contributed by atoms with Gasteiger partial charge in [0.05, 0.1) is 18.3 Å². The molecule has 0 spiro atoms. The Balaban J connectivity index is 1.33. The van der Waals surface area contributed by atoms with Gasteiger partial charge in [-0.15, -0.1) is 0 Å². The number of hydrogen-bond donors (Lipinski definition) is 1. The lowest BCUT2D eigenvalue weighted by atomic mass is 9.89. The van der Waals surface area contributed by atoms with Crippen molar-refractivity contribution in [2.45, 2.75) is 51.9 Å². The maximum absolute atomic E-state index is 12.7. The first-order chi connectivity index (χ1) is 14.1. The van der Waals surface area contributed by atoms with Crippen molar-refractivity contribution in [2.75, 3.05) is 13.1 Å². The van der Waals surface area contributed by atoms with Crippen molar-refractivity contribution in [3.8, 4) is 0 Å². The number of likely N-dealkylation sites (tertiary alicyclic amines) is 1. The van der Waals surface area contributed by atoms with Crippen LogP contribution in [0.1, 0.15) is 52.6 Å². The van der Waals surface area contributed by atoms with E-state index in [0.29, 0.717) is 12.3 Å². The Hall–Kier alpha value is -2.89. The summed E-state index contributed by atoms with van der Waals surface area (Å²) in [5.41, 5.74) is 5.63. The van der Waals surface area contributed by atoms with E-state index in [2.05, 4.69) is 39.6 Å². The third kappa shape index (κ3) is 4.42. The lowest BCUT2D eigenvalue weighted by Crippen LogP contribution is -2.39. The molecular formula is C23H28N4O2. The van der Waals surface area contributed by atoms with Gasteiger partial charge in [0.25, 0.3) is 0 Å². The molecule has 0 aliphatic carbocycles. The zero-order valence-electron chi connectivity index (χ0n) is 17.1. The molecule has 6 heteroatoms. The van der Waals surface area contributed by atoms with Gasteiger partial charge in [-0.2, -0.15) is 5.10 Å². The average molecular weight is 393 g/mol. The number of nitrogens with zero attached hydrogens (tertiary/aromatic N) is 3. The summed E-state index contributed by atoms with van der Waals surface area (Å²) in [6.07, 6.45) is 6.27. The standard InChI is InChI=1S/C23H28N4O2/c1-16-21(17(2)29-26-16)14-22(28)27-12-10-19(11-13-27)23-20(15-24-25-23)9-8-18-6-4-3-5-7-18/h3-7,15,19H,8-14H2,1-2H3,(H,24,25). The topological polar surface area (TPSA) is 75.0 Å². The van der Waals surface area contributed by atoms with Crippen molar-refractivity contribution in [1.29, 1.82) is 0 Å². The van der Waals surface area contributed by atoms with Crippen LogP contribution in [0.15, 0.2) is 41.1 Å². The van der Waals surface area contributed by atoms with E-state index in [4.69, 9.17) is 4.52 Å². The average Bonchev–Trinajstić information content (AvgIpc) is 3.35. The summed E-state index contributed by atoms with van der Waals surface area (Å²) in [6.45, 7) is 5.32. The second-order valence-corrected chi connectivity index (χ2v) is 7.93. The second kappa shape index (κ2) is 8.64. The molecule has 1 fully saturated rings. The minimum atomic E-state index is 0.159. The van der Waals surface area contributed by atoms with Crippen LogP contribution in [0.3, 0.4) is 0 Å². The summed E-state index contributed by atoms with van der Waals surface area (Å²) in [6, 6.07) is 10.6. The highest BCUT2D eigenvalue weighted by molar-refractivity contribution is 5.79. The zero-order chi connectivity index (χ0) is 20.2. The van der Waals surface area contributed by atoms with Crippen LogP contribution in [-0.2, 0) is 24.1 Å². The Bertz CT molecular complexity index is 933. The van der Waals surface area contributed by atoms with Gasteiger partial charge < -0.3 is 9.42 Å². The molecule has 1 aliphatic heterocycles. The van der Waals surface area contributed by atoms with E-state index in [1.165, 1.54) is 16.8 Å². The van der Waals surface area contributed by atoms with E-state index in [1.807, 2.05) is 31.0 Å². The fourth-order valence-electron chi connectivity index (χ4n) is 4.23. The van der Waals surface area contributed by atoms with Crippen LogP contribution in [0, 0.1) is 13.8 Å². The van der Waals surface area contributed by atoms with Crippen LogP contribution in [0.5, 0.6) is 0 Å². The molecule has 1 N–H and O–H groups in total. The normalized spacial score (nSPS) is 15.0. The largest absolute Gasteiger partial charge is 0.361 e. The van der Waals surface area contributed by atoms with Gasteiger partial charge in [-0.1, -0.05) is 35.5 Å². The molecule has 4 rings (SSSR count). The highest BCUT2D eigenvalue weighted by atomic mass is 16.5. The number of amides is 1. The number of aromatic amines is 1. The van der Waals surface area contributed by atoms with Gasteiger partial charge in [0.2, 0.25) is 5.91 Å². The van der Waals surface area contributed by atoms with Crippen molar-refractivity contribution in [1.82, 2.24) is 20.3 Å². The predicted octanol–water partition coefficient (Wildman–Crippen LogP) is 3.75. The molecule has 1 amide bonds. The first-order valence-electron chi connectivity index (χ1n) is 10.4. The first-order valence-corrected chi connectivity index (χ1v) is 10.4. The number of aromatic nitrogens is 3. The fraction of sp³-hybridized carbons (Fsp3) is 0.435. The van der Waals surface area contributed by atoms with Crippen molar-refractivity contribution < 1.29 is 9.32 Å².